The molecule has 0 saturated heterocycles. The van der Waals surface area contributed by atoms with Crippen molar-refractivity contribution in [2.24, 2.45) is 5.73 Å². The first-order valence-electron chi connectivity index (χ1n) is 6.31. The van der Waals surface area contributed by atoms with E-state index in [4.69, 9.17) is 10.5 Å². The molecule has 0 aliphatic rings. The molecule has 0 saturated carbocycles. The van der Waals surface area contributed by atoms with Gasteiger partial charge in [0.1, 0.15) is 5.75 Å². The Kier molecular flexibility index (Phi) is 6.12. The normalized spacial score (nSPS) is 16.1. The summed E-state index contributed by atoms with van der Waals surface area (Å²) in [6.07, 6.45) is 0.197. The van der Waals surface area contributed by atoms with Gasteiger partial charge >= 0.3 is 0 Å². The first-order chi connectivity index (χ1) is 8.45. The molecule has 3 unspecified atom stereocenters. The van der Waals surface area contributed by atoms with Gasteiger partial charge in [0, 0.05) is 6.04 Å². The van der Waals surface area contributed by atoms with Crippen molar-refractivity contribution in [3.63, 3.8) is 0 Å². The Bertz CT molecular complexity index is 382. The maximum Gasteiger partial charge on any atom is 0.133 e. The first kappa shape index (κ1) is 15.5. The number of halogens is 1. The highest BCUT2D eigenvalue weighted by molar-refractivity contribution is 9.10. The van der Waals surface area contributed by atoms with Crippen LogP contribution in [0.1, 0.15) is 38.7 Å². The fourth-order valence-electron chi connectivity index (χ4n) is 1.81. The second-order valence-electron chi connectivity index (χ2n) is 4.69. The van der Waals surface area contributed by atoms with E-state index in [2.05, 4.69) is 22.9 Å². The summed E-state index contributed by atoms with van der Waals surface area (Å²) >= 11 is 3.50. The lowest BCUT2D eigenvalue weighted by molar-refractivity contribution is 0.134. The molecule has 0 fully saturated rings. The van der Waals surface area contributed by atoms with Gasteiger partial charge in [0.2, 0.25) is 0 Å². The monoisotopic (exact) mass is 315 g/mol. The lowest BCUT2D eigenvalue weighted by Gasteiger charge is -2.20. The summed E-state index contributed by atoms with van der Waals surface area (Å²) in [5, 5.41) is 9.80. The summed E-state index contributed by atoms with van der Waals surface area (Å²) in [7, 11) is 0. The fraction of sp³-hybridized carbons (Fsp3) is 0.571. The Hall–Kier alpha value is -0.580. The van der Waals surface area contributed by atoms with Crippen LogP contribution in [0, 0.1) is 0 Å². The summed E-state index contributed by atoms with van der Waals surface area (Å²) in [6.45, 7) is 6.53. The van der Waals surface area contributed by atoms with Gasteiger partial charge in [-0.15, -0.1) is 0 Å². The average molecular weight is 316 g/mol. The van der Waals surface area contributed by atoms with Gasteiger partial charge in [0.15, 0.2) is 0 Å². The summed E-state index contributed by atoms with van der Waals surface area (Å²) in [6, 6.07) is 5.84. The van der Waals surface area contributed by atoms with Gasteiger partial charge in [0.25, 0.3) is 0 Å². The van der Waals surface area contributed by atoms with Crippen LogP contribution < -0.4 is 10.5 Å². The van der Waals surface area contributed by atoms with Crippen LogP contribution in [0.2, 0.25) is 0 Å². The van der Waals surface area contributed by atoms with E-state index in [1.54, 1.807) is 0 Å². The quantitative estimate of drug-likeness (QED) is 0.848. The van der Waals surface area contributed by atoms with Crippen LogP contribution in [0.5, 0.6) is 5.75 Å². The van der Waals surface area contributed by atoms with E-state index in [0.29, 0.717) is 13.0 Å². The minimum Gasteiger partial charge on any atom is -0.493 e. The zero-order chi connectivity index (χ0) is 13.7. The highest BCUT2D eigenvalue weighted by Gasteiger charge is 2.16. The molecule has 4 heteroatoms. The standard InChI is InChI=1S/C14H22BrNO2/c1-4-18-14-6-5-11(8-12(14)15)9(2)7-13(17)10(3)16/h5-6,8-10,13,17H,4,7,16H2,1-3H3. The molecule has 0 aliphatic heterocycles. The van der Waals surface area contributed by atoms with Gasteiger partial charge in [-0.2, -0.15) is 0 Å². The number of hydrogen-bond donors (Lipinski definition) is 2. The van der Waals surface area contributed by atoms with E-state index in [1.165, 1.54) is 5.56 Å². The van der Waals surface area contributed by atoms with Crippen molar-refractivity contribution in [3.8, 4) is 5.75 Å². The van der Waals surface area contributed by atoms with Crippen LogP contribution in [0.15, 0.2) is 22.7 Å². The summed E-state index contributed by atoms with van der Waals surface area (Å²) < 4.78 is 6.42. The van der Waals surface area contributed by atoms with Crippen molar-refractivity contribution >= 4 is 15.9 Å². The number of aliphatic hydroxyl groups excluding tert-OH is 1. The minimum absolute atomic E-state index is 0.196. The molecule has 3 nitrogen and oxygen atoms in total. The van der Waals surface area contributed by atoms with Crippen molar-refractivity contribution in [2.45, 2.75) is 45.3 Å². The maximum atomic E-state index is 9.80. The Balaban J connectivity index is 2.75. The van der Waals surface area contributed by atoms with E-state index in [-0.39, 0.29) is 12.0 Å². The number of ether oxygens (including phenoxy) is 1. The highest BCUT2D eigenvalue weighted by Crippen LogP contribution is 2.30. The van der Waals surface area contributed by atoms with Crippen LogP contribution >= 0.6 is 15.9 Å². The number of rotatable bonds is 6. The van der Waals surface area contributed by atoms with E-state index in [1.807, 2.05) is 32.0 Å². The van der Waals surface area contributed by atoms with Gasteiger partial charge < -0.3 is 15.6 Å². The molecule has 0 heterocycles. The molecule has 1 aromatic carbocycles. The van der Waals surface area contributed by atoms with Crippen LogP contribution in [0.25, 0.3) is 0 Å². The predicted molar refractivity (Wildman–Crippen MR) is 78.0 cm³/mol. The van der Waals surface area contributed by atoms with Crippen molar-refractivity contribution in [1.29, 1.82) is 0 Å². The third kappa shape index (κ3) is 4.26. The van der Waals surface area contributed by atoms with Crippen LogP contribution in [-0.4, -0.2) is 23.9 Å². The second kappa shape index (κ2) is 7.12. The van der Waals surface area contributed by atoms with Crippen molar-refractivity contribution in [3.05, 3.63) is 28.2 Å². The second-order valence-corrected chi connectivity index (χ2v) is 5.54. The van der Waals surface area contributed by atoms with Gasteiger partial charge in [-0.25, -0.2) is 0 Å². The molecule has 0 bridgehead atoms. The molecule has 0 amide bonds. The smallest absolute Gasteiger partial charge is 0.133 e. The molecule has 0 aliphatic carbocycles. The molecule has 1 aromatic rings. The minimum atomic E-state index is -0.467. The highest BCUT2D eigenvalue weighted by atomic mass is 79.9. The largest absolute Gasteiger partial charge is 0.493 e. The number of benzene rings is 1. The third-order valence-electron chi connectivity index (χ3n) is 3.03. The molecule has 0 spiro atoms. The van der Waals surface area contributed by atoms with E-state index in [0.717, 1.165) is 10.2 Å². The van der Waals surface area contributed by atoms with Gasteiger partial charge in [-0.1, -0.05) is 13.0 Å². The van der Waals surface area contributed by atoms with Gasteiger partial charge in [-0.05, 0) is 59.8 Å². The molecule has 0 radical (unpaired) electrons. The Morgan fingerprint density at radius 2 is 2.06 bits per heavy atom. The van der Waals surface area contributed by atoms with E-state index in [9.17, 15) is 5.11 Å². The summed E-state index contributed by atoms with van der Waals surface area (Å²) in [5.74, 6) is 1.11. The van der Waals surface area contributed by atoms with Crippen LogP contribution in [0.3, 0.4) is 0 Å². The first-order valence-corrected chi connectivity index (χ1v) is 7.10. The molecule has 0 aromatic heterocycles. The molecular formula is C14H22BrNO2. The lowest BCUT2D eigenvalue weighted by Crippen LogP contribution is -2.32. The van der Waals surface area contributed by atoms with Crippen molar-refractivity contribution < 1.29 is 9.84 Å². The van der Waals surface area contributed by atoms with Crippen molar-refractivity contribution in [2.75, 3.05) is 6.61 Å². The predicted octanol–water partition coefficient (Wildman–Crippen LogP) is 3.05. The van der Waals surface area contributed by atoms with E-state index >= 15 is 0 Å². The van der Waals surface area contributed by atoms with E-state index < -0.39 is 6.10 Å². The van der Waals surface area contributed by atoms with Crippen LogP contribution in [-0.2, 0) is 0 Å². The molecule has 3 atom stereocenters. The Labute approximate surface area is 117 Å². The fourth-order valence-corrected chi connectivity index (χ4v) is 2.32. The maximum absolute atomic E-state index is 9.80. The SMILES string of the molecule is CCOc1ccc(C(C)CC(O)C(C)N)cc1Br. The van der Waals surface area contributed by atoms with Gasteiger partial charge in [-0.3, -0.25) is 0 Å². The lowest BCUT2D eigenvalue weighted by atomic mass is 9.93. The topological polar surface area (TPSA) is 55.5 Å². The summed E-state index contributed by atoms with van der Waals surface area (Å²) in [4.78, 5) is 0. The molecular weight excluding hydrogens is 294 g/mol. The van der Waals surface area contributed by atoms with Gasteiger partial charge in [0.05, 0.1) is 17.2 Å². The zero-order valence-corrected chi connectivity index (χ0v) is 12.8. The van der Waals surface area contributed by atoms with Crippen molar-refractivity contribution in [1.82, 2.24) is 0 Å². The Morgan fingerprint density at radius 3 is 2.56 bits per heavy atom. The molecule has 18 heavy (non-hydrogen) atoms. The number of aliphatic hydroxyl groups is 1. The number of hydrogen-bond acceptors (Lipinski definition) is 3. The third-order valence-corrected chi connectivity index (χ3v) is 3.65. The van der Waals surface area contributed by atoms with Crippen LogP contribution in [0.4, 0.5) is 0 Å². The molecule has 102 valence electrons. The average Bonchev–Trinajstić information content (AvgIpc) is 2.31. The summed E-state index contributed by atoms with van der Waals surface area (Å²) in [5.41, 5.74) is 6.85. The molecule has 3 N–H and O–H groups in total. The Morgan fingerprint density at radius 1 is 1.39 bits per heavy atom. The molecule has 1 rings (SSSR count). The number of nitrogens with two attached hydrogens (primary N) is 1. The zero-order valence-electron chi connectivity index (χ0n) is 11.2.